The average molecular weight is 436 g/mol. The van der Waals surface area contributed by atoms with E-state index < -0.39 is 73.3 Å². The van der Waals surface area contributed by atoms with Crippen molar-refractivity contribution in [1.29, 1.82) is 0 Å². The minimum absolute atomic E-state index is 0.0530. The summed E-state index contributed by atoms with van der Waals surface area (Å²) in [5, 5.41) is 23.5. The topological polar surface area (TPSA) is 136 Å². The SMILES string of the molecule is CC(C)(C)OC(=O)N[C@H]1CS(=O)(=O)C[C@@H](Cc2cc(F)c([N+](=O)[O-])c(F)c2)[C@@H]1O. The zero-order valence-electron chi connectivity index (χ0n) is 16.0. The number of alkyl carbamates (subject to hydrolysis) is 1. The summed E-state index contributed by atoms with van der Waals surface area (Å²) in [6, 6.07) is 0.276. The smallest absolute Gasteiger partial charge is 0.407 e. The fourth-order valence-corrected chi connectivity index (χ4v) is 5.10. The number of sulfone groups is 1. The van der Waals surface area contributed by atoms with Gasteiger partial charge in [0.05, 0.1) is 28.6 Å². The second-order valence-electron chi connectivity index (χ2n) is 7.95. The van der Waals surface area contributed by atoms with Gasteiger partial charge in [-0.15, -0.1) is 0 Å². The van der Waals surface area contributed by atoms with Crippen LogP contribution in [0.5, 0.6) is 0 Å². The van der Waals surface area contributed by atoms with Crippen LogP contribution in [0.4, 0.5) is 19.3 Å². The third-order valence-corrected chi connectivity index (χ3v) is 6.06. The molecule has 1 aliphatic heterocycles. The van der Waals surface area contributed by atoms with Gasteiger partial charge in [0.25, 0.3) is 0 Å². The fraction of sp³-hybridized carbons (Fsp3) is 0.588. The van der Waals surface area contributed by atoms with Crippen LogP contribution in [0.1, 0.15) is 26.3 Å². The molecule has 1 aromatic rings. The zero-order valence-corrected chi connectivity index (χ0v) is 16.8. The van der Waals surface area contributed by atoms with Crippen LogP contribution in [0.2, 0.25) is 0 Å². The number of aliphatic hydroxyl groups excluding tert-OH is 1. The minimum atomic E-state index is -3.69. The molecule has 2 rings (SSSR count). The second kappa shape index (κ2) is 8.19. The van der Waals surface area contributed by atoms with Gasteiger partial charge in [-0.25, -0.2) is 13.2 Å². The number of nitro groups is 1. The molecule has 1 aliphatic rings. The number of rotatable bonds is 4. The van der Waals surface area contributed by atoms with E-state index >= 15 is 0 Å². The Balaban J connectivity index is 2.22. The monoisotopic (exact) mass is 436 g/mol. The lowest BCUT2D eigenvalue weighted by molar-refractivity contribution is -0.390. The molecule has 0 aliphatic carbocycles. The van der Waals surface area contributed by atoms with Gasteiger partial charge in [0, 0.05) is 5.92 Å². The van der Waals surface area contributed by atoms with Gasteiger partial charge in [-0.3, -0.25) is 10.1 Å². The zero-order chi connectivity index (χ0) is 22.1. The average Bonchev–Trinajstić information content (AvgIpc) is 2.48. The second-order valence-corrected chi connectivity index (χ2v) is 10.1. The van der Waals surface area contributed by atoms with Crippen molar-refractivity contribution in [1.82, 2.24) is 5.32 Å². The molecule has 9 nitrogen and oxygen atoms in total. The number of nitrogens with one attached hydrogen (secondary N) is 1. The normalized spacial score (nSPS) is 24.0. The molecule has 3 atom stereocenters. The number of hydrogen-bond donors (Lipinski definition) is 2. The van der Waals surface area contributed by atoms with Crippen LogP contribution in [-0.4, -0.2) is 53.8 Å². The Bertz CT molecular complexity index is 892. The summed E-state index contributed by atoms with van der Waals surface area (Å²) in [6.07, 6.45) is -2.52. The summed E-state index contributed by atoms with van der Waals surface area (Å²) >= 11 is 0. The summed E-state index contributed by atoms with van der Waals surface area (Å²) in [6.45, 7) is 4.84. The molecule has 1 saturated heterocycles. The molecule has 12 heteroatoms. The van der Waals surface area contributed by atoms with Crippen molar-refractivity contribution in [2.45, 2.75) is 44.9 Å². The van der Waals surface area contributed by atoms with Crippen molar-refractivity contribution in [2.75, 3.05) is 11.5 Å². The van der Waals surface area contributed by atoms with Gasteiger partial charge in [0.15, 0.2) is 9.84 Å². The Morgan fingerprint density at radius 3 is 2.34 bits per heavy atom. The minimum Gasteiger partial charge on any atom is -0.444 e. The fourth-order valence-electron chi connectivity index (χ4n) is 3.17. The molecule has 1 aromatic carbocycles. The molecular formula is C17H22F2N2O7S. The number of benzene rings is 1. The molecule has 0 spiro atoms. The maximum Gasteiger partial charge on any atom is 0.407 e. The van der Waals surface area contributed by atoms with Crippen molar-refractivity contribution in [3.63, 3.8) is 0 Å². The number of ether oxygens (including phenoxy) is 1. The highest BCUT2D eigenvalue weighted by Crippen LogP contribution is 2.28. The predicted molar refractivity (Wildman–Crippen MR) is 98.0 cm³/mol. The lowest BCUT2D eigenvalue weighted by Gasteiger charge is -2.35. The van der Waals surface area contributed by atoms with Crippen LogP contribution in [0.3, 0.4) is 0 Å². The molecule has 0 unspecified atom stereocenters. The number of aliphatic hydroxyl groups is 1. The van der Waals surface area contributed by atoms with Crippen LogP contribution in [0, 0.1) is 27.7 Å². The number of halogens is 2. The van der Waals surface area contributed by atoms with Gasteiger partial charge in [-0.2, -0.15) is 8.78 Å². The van der Waals surface area contributed by atoms with Crippen molar-refractivity contribution < 1.29 is 36.8 Å². The lowest BCUT2D eigenvalue weighted by atomic mass is 9.91. The number of nitrogens with zero attached hydrogens (tertiary/aromatic N) is 1. The first-order chi connectivity index (χ1) is 13.2. The van der Waals surface area contributed by atoms with Crippen LogP contribution in [-0.2, 0) is 21.0 Å². The van der Waals surface area contributed by atoms with E-state index in [1.165, 1.54) is 0 Å². The summed E-state index contributed by atoms with van der Waals surface area (Å²) in [7, 11) is -3.69. The molecule has 29 heavy (non-hydrogen) atoms. The van der Waals surface area contributed by atoms with Gasteiger partial charge < -0.3 is 15.2 Å². The molecule has 1 heterocycles. The Labute approximate surface area is 166 Å². The summed E-state index contributed by atoms with van der Waals surface area (Å²) in [5.41, 5.74) is -2.20. The Morgan fingerprint density at radius 2 is 1.86 bits per heavy atom. The lowest BCUT2D eigenvalue weighted by Crippen LogP contribution is -2.56. The highest BCUT2D eigenvalue weighted by Gasteiger charge is 2.41. The molecule has 0 aromatic heterocycles. The van der Waals surface area contributed by atoms with Gasteiger partial charge in [0.2, 0.25) is 11.6 Å². The highest BCUT2D eigenvalue weighted by molar-refractivity contribution is 7.91. The molecular weight excluding hydrogens is 414 g/mol. The molecule has 1 amide bonds. The highest BCUT2D eigenvalue weighted by atomic mass is 32.2. The van der Waals surface area contributed by atoms with Gasteiger partial charge in [-0.05, 0) is 44.9 Å². The van der Waals surface area contributed by atoms with Crippen molar-refractivity contribution in [3.8, 4) is 0 Å². The quantitative estimate of drug-likeness (QED) is 0.542. The van der Waals surface area contributed by atoms with Crippen LogP contribution >= 0.6 is 0 Å². The van der Waals surface area contributed by atoms with Crippen LogP contribution < -0.4 is 5.32 Å². The van der Waals surface area contributed by atoms with E-state index in [4.69, 9.17) is 4.74 Å². The summed E-state index contributed by atoms with van der Waals surface area (Å²) in [5.74, 6) is -4.79. The van der Waals surface area contributed by atoms with E-state index in [1.807, 2.05) is 0 Å². The Kier molecular flexibility index (Phi) is 6.48. The van der Waals surface area contributed by atoms with Crippen LogP contribution in [0.15, 0.2) is 12.1 Å². The van der Waals surface area contributed by atoms with E-state index in [-0.39, 0.29) is 12.0 Å². The van der Waals surface area contributed by atoms with E-state index in [1.54, 1.807) is 20.8 Å². The Hall–Kier alpha value is -2.34. The Morgan fingerprint density at radius 1 is 1.31 bits per heavy atom. The first-order valence-corrected chi connectivity index (χ1v) is 10.5. The summed E-state index contributed by atoms with van der Waals surface area (Å²) in [4.78, 5) is 21.4. The van der Waals surface area contributed by atoms with E-state index in [0.29, 0.717) is 0 Å². The van der Waals surface area contributed by atoms with Gasteiger partial charge >= 0.3 is 11.8 Å². The molecule has 0 bridgehead atoms. The van der Waals surface area contributed by atoms with Crippen LogP contribution in [0.25, 0.3) is 0 Å². The van der Waals surface area contributed by atoms with Gasteiger partial charge in [-0.1, -0.05) is 0 Å². The maximum absolute atomic E-state index is 13.8. The molecule has 2 N–H and O–H groups in total. The third kappa shape index (κ3) is 6.07. The first kappa shape index (κ1) is 22.9. The maximum atomic E-state index is 13.8. The van der Waals surface area contributed by atoms with E-state index in [2.05, 4.69) is 5.32 Å². The molecule has 0 radical (unpaired) electrons. The summed E-state index contributed by atoms with van der Waals surface area (Å²) < 4.78 is 57.2. The van der Waals surface area contributed by atoms with E-state index in [9.17, 15) is 37.2 Å². The standard InChI is InChI=1S/C17H22F2N2O7S/c1-17(2,3)28-16(23)20-13-8-29(26,27)7-10(15(13)22)4-9-5-11(18)14(21(24)25)12(19)6-9/h5-6,10,13,15,22H,4,7-8H2,1-3H3,(H,20,23)/t10-,13+,15+/m1/s1. The third-order valence-electron chi connectivity index (χ3n) is 4.26. The number of amides is 1. The molecule has 162 valence electrons. The largest absolute Gasteiger partial charge is 0.444 e. The molecule has 0 saturated carbocycles. The van der Waals surface area contributed by atoms with Crippen molar-refractivity contribution >= 4 is 21.6 Å². The number of hydrogen-bond acceptors (Lipinski definition) is 7. The molecule has 1 fully saturated rings. The number of carbonyl (C=O) groups excluding carboxylic acids is 1. The van der Waals surface area contributed by atoms with Crippen molar-refractivity contribution in [2.24, 2.45) is 5.92 Å². The van der Waals surface area contributed by atoms with Crippen molar-refractivity contribution in [3.05, 3.63) is 39.4 Å². The number of nitro benzene ring substituents is 1. The predicted octanol–water partition coefficient (Wildman–Crippen LogP) is 1.71. The number of carbonyl (C=O) groups is 1. The van der Waals surface area contributed by atoms with Gasteiger partial charge in [0.1, 0.15) is 5.60 Å². The van der Waals surface area contributed by atoms with E-state index in [0.717, 1.165) is 12.1 Å². The first-order valence-electron chi connectivity index (χ1n) is 8.69.